The zero-order valence-corrected chi connectivity index (χ0v) is 17.4. The number of aromatic nitrogens is 2. The van der Waals surface area contributed by atoms with E-state index in [0.717, 1.165) is 23.7 Å². The number of amides is 1. The minimum Gasteiger partial charge on any atom is -0.481 e. The van der Waals surface area contributed by atoms with E-state index in [1.807, 2.05) is 24.3 Å². The molecule has 3 heterocycles. The number of nitrogens with zero attached hydrogens (tertiary/aromatic N) is 3. The van der Waals surface area contributed by atoms with Crippen molar-refractivity contribution in [3.8, 4) is 5.88 Å². The number of para-hydroxylation sites is 1. The van der Waals surface area contributed by atoms with Gasteiger partial charge in [-0.05, 0) is 42.5 Å². The average Bonchev–Trinajstić information content (AvgIpc) is 2.79. The number of piperidine rings is 1. The fourth-order valence-electron chi connectivity index (χ4n) is 3.94. The number of pyridine rings is 2. The van der Waals surface area contributed by atoms with Crippen molar-refractivity contribution < 1.29 is 14.3 Å². The van der Waals surface area contributed by atoms with Crippen molar-refractivity contribution in [2.75, 3.05) is 20.2 Å². The maximum absolute atomic E-state index is 12.6. The van der Waals surface area contributed by atoms with Gasteiger partial charge in [0.15, 0.2) is 0 Å². The Morgan fingerprint density at radius 1 is 1.17 bits per heavy atom. The Morgan fingerprint density at radius 3 is 2.63 bits per heavy atom. The molecule has 4 rings (SSSR count). The second-order valence-corrected chi connectivity index (χ2v) is 7.84. The van der Waals surface area contributed by atoms with Crippen molar-refractivity contribution in [3.05, 3.63) is 64.9 Å². The Balaban J connectivity index is 1.44. The standard InChI is InChI=1S/C23H22ClN3O3/c1-30-22-13-19(18-4-2-3-5-20(18)26-22)15-8-10-27(11-9-15)23(29)21(28)12-17-7-6-16(24)14-25-17/h2-7,13-15H,8-12H2,1H3. The van der Waals surface area contributed by atoms with E-state index < -0.39 is 11.7 Å². The van der Waals surface area contributed by atoms with Gasteiger partial charge < -0.3 is 9.64 Å². The third kappa shape index (κ3) is 4.28. The molecule has 0 saturated carbocycles. The van der Waals surface area contributed by atoms with E-state index in [0.29, 0.717) is 29.7 Å². The molecule has 1 fully saturated rings. The third-order valence-corrected chi connectivity index (χ3v) is 5.75. The summed E-state index contributed by atoms with van der Waals surface area (Å²) in [6, 6.07) is 13.3. The Bertz CT molecular complexity index is 1080. The van der Waals surface area contributed by atoms with Crippen LogP contribution in [0.5, 0.6) is 5.88 Å². The van der Waals surface area contributed by atoms with E-state index in [4.69, 9.17) is 16.3 Å². The van der Waals surface area contributed by atoms with Crippen LogP contribution in [0, 0.1) is 0 Å². The maximum Gasteiger partial charge on any atom is 0.290 e. The number of hydrogen-bond donors (Lipinski definition) is 0. The fourth-order valence-corrected chi connectivity index (χ4v) is 4.05. The molecule has 0 spiro atoms. The number of rotatable bonds is 5. The third-order valence-electron chi connectivity index (χ3n) is 5.52. The van der Waals surface area contributed by atoms with Gasteiger partial charge >= 0.3 is 0 Å². The molecule has 0 atom stereocenters. The van der Waals surface area contributed by atoms with E-state index in [1.165, 1.54) is 11.8 Å². The van der Waals surface area contributed by atoms with Crippen molar-refractivity contribution in [1.82, 2.24) is 14.9 Å². The monoisotopic (exact) mass is 423 g/mol. The molecular weight excluding hydrogens is 402 g/mol. The van der Waals surface area contributed by atoms with Gasteiger partial charge in [-0.2, -0.15) is 0 Å². The summed E-state index contributed by atoms with van der Waals surface area (Å²) in [5, 5.41) is 1.60. The minimum atomic E-state index is -0.445. The Kier molecular flexibility index (Phi) is 5.95. The lowest BCUT2D eigenvalue weighted by Gasteiger charge is -2.32. The zero-order valence-electron chi connectivity index (χ0n) is 16.7. The summed E-state index contributed by atoms with van der Waals surface area (Å²) >= 11 is 5.82. The first kappa shape index (κ1) is 20.3. The summed E-state index contributed by atoms with van der Waals surface area (Å²) in [4.78, 5) is 35.3. The Morgan fingerprint density at radius 2 is 1.93 bits per heavy atom. The lowest BCUT2D eigenvalue weighted by atomic mass is 9.87. The summed E-state index contributed by atoms with van der Waals surface area (Å²) in [5.41, 5.74) is 2.63. The highest BCUT2D eigenvalue weighted by atomic mass is 35.5. The first-order chi connectivity index (χ1) is 14.5. The van der Waals surface area contributed by atoms with Gasteiger partial charge in [-0.15, -0.1) is 0 Å². The molecule has 1 aliphatic heterocycles. The van der Waals surface area contributed by atoms with Crippen LogP contribution in [0.3, 0.4) is 0 Å². The van der Waals surface area contributed by atoms with Crippen molar-refractivity contribution in [1.29, 1.82) is 0 Å². The molecule has 1 aliphatic rings. The molecule has 0 unspecified atom stereocenters. The average molecular weight is 424 g/mol. The number of hydrogen-bond acceptors (Lipinski definition) is 5. The van der Waals surface area contributed by atoms with E-state index in [1.54, 1.807) is 24.1 Å². The predicted octanol–water partition coefficient (Wildman–Crippen LogP) is 3.81. The second kappa shape index (κ2) is 8.79. The number of methoxy groups -OCH3 is 1. The van der Waals surface area contributed by atoms with Gasteiger partial charge in [0.1, 0.15) is 0 Å². The first-order valence-corrected chi connectivity index (χ1v) is 10.3. The molecule has 0 radical (unpaired) electrons. The second-order valence-electron chi connectivity index (χ2n) is 7.41. The van der Waals surface area contributed by atoms with Crippen molar-refractivity contribution in [2.24, 2.45) is 0 Å². The quantitative estimate of drug-likeness (QED) is 0.583. The summed E-state index contributed by atoms with van der Waals surface area (Å²) in [6.45, 7) is 1.09. The van der Waals surface area contributed by atoms with Gasteiger partial charge in [-0.25, -0.2) is 4.98 Å². The van der Waals surface area contributed by atoms with E-state index in [2.05, 4.69) is 16.0 Å². The highest BCUT2D eigenvalue weighted by Crippen LogP contribution is 2.34. The highest BCUT2D eigenvalue weighted by molar-refractivity contribution is 6.36. The van der Waals surface area contributed by atoms with Crippen molar-refractivity contribution in [3.63, 3.8) is 0 Å². The van der Waals surface area contributed by atoms with Gasteiger partial charge in [0.05, 0.1) is 24.1 Å². The van der Waals surface area contributed by atoms with E-state index in [9.17, 15) is 9.59 Å². The normalized spacial score (nSPS) is 14.7. The number of likely N-dealkylation sites (tertiary alicyclic amines) is 1. The van der Waals surface area contributed by atoms with Crippen LogP contribution in [0.1, 0.15) is 30.0 Å². The van der Waals surface area contributed by atoms with Crippen LogP contribution in [-0.4, -0.2) is 46.8 Å². The minimum absolute atomic E-state index is 0.0118. The van der Waals surface area contributed by atoms with Gasteiger partial charge in [-0.3, -0.25) is 14.6 Å². The number of carbonyl (C=O) groups is 2. The van der Waals surface area contributed by atoms with Gasteiger partial charge in [-0.1, -0.05) is 29.8 Å². The molecule has 0 N–H and O–H groups in total. The molecule has 1 amide bonds. The maximum atomic E-state index is 12.6. The molecule has 2 aromatic heterocycles. The van der Waals surface area contributed by atoms with E-state index >= 15 is 0 Å². The fraction of sp³-hybridized carbons (Fsp3) is 0.304. The van der Waals surface area contributed by atoms with Gasteiger partial charge in [0.25, 0.3) is 5.91 Å². The Hall–Kier alpha value is -2.99. The summed E-state index contributed by atoms with van der Waals surface area (Å²) in [6.07, 6.45) is 3.04. The topological polar surface area (TPSA) is 72.4 Å². The molecule has 30 heavy (non-hydrogen) atoms. The summed E-state index contributed by atoms with van der Waals surface area (Å²) < 4.78 is 5.37. The van der Waals surface area contributed by atoms with Crippen molar-refractivity contribution in [2.45, 2.75) is 25.2 Å². The molecule has 0 bridgehead atoms. The summed E-state index contributed by atoms with van der Waals surface area (Å²) in [5.74, 6) is -0.0154. The first-order valence-electron chi connectivity index (χ1n) is 9.91. The SMILES string of the molecule is COc1cc(C2CCN(C(=O)C(=O)Cc3ccc(Cl)cn3)CC2)c2ccccc2n1. The number of fused-ring (bicyclic) bond motifs is 1. The molecule has 154 valence electrons. The number of halogens is 1. The van der Waals surface area contributed by atoms with Gasteiger partial charge in [0, 0.05) is 36.4 Å². The largest absolute Gasteiger partial charge is 0.481 e. The predicted molar refractivity (Wildman–Crippen MR) is 115 cm³/mol. The van der Waals surface area contributed by atoms with Crippen molar-refractivity contribution >= 4 is 34.2 Å². The number of benzene rings is 1. The number of Topliss-reactive ketones (excluding diaryl/α,β-unsaturated/α-hetero) is 1. The number of ketones is 1. The molecular formula is C23H22ClN3O3. The van der Waals surface area contributed by atoms with Gasteiger partial charge in [0.2, 0.25) is 11.7 Å². The van der Waals surface area contributed by atoms with Crippen LogP contribution < -0.4 is 4.74 Å². The van der Waals surface area contributed by atoms with Crippen LogP contribution in [0.15, 0.2) is 48.7 Å². The van der Waals surface area contributed by atoms with Crippen LogP contribution >= 0.6 is 11.6 Å². The smallest absolute Gasteiger partial charge is 0.290 e. The molecule has 7 heteroatoms. The summed E-state index contributed by atoms with van der Waals surface area (Å²) in [7, 11) is 1.61. The van der Waals surface area contributed by atoms with Crippen LogP contribution in [0.25, 0.3) is 10.9 Å². The zero-order chi connectivity index (χ0) is 21.1. The van der Waals surface area contributed by atoms with Crippen LogP contribution in [-0.2, 0) is 16.0 Å². The lowest BCUT2D eigenvalue weighted by Crippen LogP contribution is -2.42. The number of ether oxygens (including phenoxy) is 1. The lowest BCUT2D eigenvalue weighted by molar-refractivity contribution is -0.145. The Labute approximate surface area is 179 Å². The molecule has 3 aromatic rings. The molecule has 6 nitrogen and oxygen atoms in total. The van der Waals surface area contributed by atoms with Crippen LogP contribution in [0.4, 0.5) is 0 Å². The highest BCUT2D eigenvalue weighted by Gasteiger charge is 2.28. The van der Waals surface area contributed by atoms with E-state index in [-0.39, 0.29) is 12.3 Å². The number of carbonyl (C=O) groups excluding carboxylic acids is 2. The molecule has 0 aliphatic carbocycles. The molecule has 1 saturated heterocycles. The molecule has 1 aromatic carbocycles. The van der Waals surface area contributed by atoms with Crippen LogP contribution in [0.2, 0.25) is 5.02 Å².